The van der Waals surface area contributed by atoms with Gasteiger partial charge in [0.1, 0.15) is 5.75 Å². The Morgan fingerprint density at radius 3 is 2.48 bits per heavy atom. The molecule has 0 fully saturated rings. The van der Waals surface area contributed by atoms with E-state index in [0.29, 0.717) is 35.3 Å². The van der Waals surface area contributed by atoms with E-state index in [9.17, 15) is 9.59 Å². The number of hydrogen-bond acceptors (Lipinski definition) is 6. The second-order valence-corrected chi connectivity index (χ2v) is 7.21. The minimum absolute atomic E-state index is 0.195. The van der Waals surface area contributed by atoms with Gasteiger partial charge in [0.05, 0.1) is 18.2 Å². The first-order valence-corrected chi connectivity index (χ1v) is 9.51. The summed E-state index contributed by atoms with van der Waals surface area (Å²) in [7, 11) is 0. The van der Waals surface area contributed by atoms with Gasteiger partial charge in [0, 0.05) is 0 Å². The van der Waals surface area contributed by atoms with Crippen molar-refractivity contribution >= 4 is 11.9 Å². The first-order chi connectivity index (χ1) is 13.9. The Balaban J connectivity index is 1.46. The summed E-state index contributed by atoms with van der Waals surface area (Å²) in [6.45, 7) is 6.40. The summed E-state index contributed by atoms with van der Waals surface area (Å²) in [5, 5.41) is 2.80. The average Bonchev–Trinajstić information content (AvgIpc) is 3.18. The lowest BCUT2D eigenvalue weighted by Crippen LogP contribution is -2.31. The molecule has 154 valence electrons. The number of benzene rings is 2. The van der Waals surface area contributed by atoms with Gasteiger partial charge >= 0.3 is 5.97 Å². The Kier molecular flexibility index (Phi) is 6.59. The molecule has 1 unspecified atom stereocenters. The van der Waals surface area contributed by atoms with E-state index in [1.54, 1.807) is 30.3 Å². The molecule has 1 aliphatic heterocycles. The zero-order chi connectivity index (χ0) is 20.8. The topological polar surface area (TPSA) is 83.1 Å². The summed E-state index contributed by atoms with van der Waals surface area (Å²) in [6.07, 6.45) is 0. The van der Waals surface area contributed by atoms with Gasteiger partial charge in [0.25, 0.3) is 5.91 Å². The lowest BCUT2D eigenvalue weighted by Gasteiger charge is -2.15. The van der Waals surface area contributed by atoms with Crippen LogP contribution < -0.4 is 19.5 Å². The fourth-order valence-electron chi connectivity index (χ4n) is 2.71. The van der Waals surface area contributed by atoms with Crippen molar-refractivity contribution in [2.75, 3.05) is 20.0 Å². The molecule has 0 radical (unpaired) electrons. The summed E-state index contributed by atoms with van der Waals surface area (Å²) in [5.41, 5.74) is 1.23. The normalized spacial score (nSPS) is 13.1. The highest BCUT2D eigenvalue weighted by molar-refractivity contribution is 5.91. The molecule has 0 bridgehead atoms. The van der Waals surface area contributed by atoms with Gasteiger partial charge in [-0.1, -0.05) is 19.9 Å². The molecule has 2 aromatic rings. The maximum atomic E-state index is 12.1. The van der Waals surface area contributed by atoms with Crippen molar-refractivity contribution in [1.29, 1.82) is 0 Å². The Morgan fingerprint density at radius 1 is 1.03 bits per heavy atom. The SMILES string of the molecule is CC(C)COc1ccc(C(=O)OCC(=O)NC(C)c2ccc3c(c2)OCO3)cc1. The van der Waals surface area contributed by atoms with Gasteiger partial charge in [-0.05, 0) is 54.8 Å². The van der Waals surface area contributed by atoms with E-state index in [-0.39, 0.29) is 25.3 Å². The zero-order valence-corrected chi connectivity index (χ0v) is 16.8. The smallest absolute Gasteiger partial charge is 0.338 e. The maximum Gasteiger partial charge on any atom is 0.338 e. The van der Waals surface area contributed by atoms with E-state index < -0.39 is 5.97 Å². The van der Waals surface area contributed by atoms with E-state index in [4.69, 9.17) is 18.9 Å². The van der Waals surface area contributed by atoms with Gasteiger partial charge < -0.3 is 24.3 Å². The number of ether oxygens (including phenoxy) is 4. The van der Waals surface area contributed by atoms with Crippen LogP contribution in [-0.4, -0.2) is 31.9 Å². The van der Waals surface area contributed by atoms with Gasteiger partial charge in [-0.2, -0.15) is 0 Å². The fraction of sp³-hybridized carbons (Fsp3) is 0.364. The van der Waals surface area contributed by atoms with Gasteiger partial charge in [-0.25, -0.2) is 4.79 Å². The van der Waals surface area contributed by atoms with Crippen LogP contribution in [0.25, 0.3) is 0 Å². The summed E-state index contributed by atoms with van der Waals surface area (Å²) >= 11 is 0. The van der Waals surface area contributed by atoms with Crippen LogP contribution in [0.3, 0.4) is 0 Å². The summed E-state index contributed by atoms with van der Waals surface area (Å²) in [6, 6.07) is 11.9. The van der Waals surface area contributed by atoms with Crippen molar-refractivity contribution in [1.82, 2.24) is 5.32 Å². The number of hydrogen-bond donors (Lipinski definition) is 1. The number of rotatable bonds is 8. The van der Waals surface area contributed by atoms with Crippen molar-refractivity contribution in [3.8, 4) is 17.2 Å². The fourth-order valence-corrected chi connectivity index (χ4v) is 2.71. The van der Waals surface area contributed by atoms with E-state index in [2.05, 4.69) is 19.2 Å². The molecule has 7 nitrogen and oxygen atoms in total. The zero-order valence-electron chi connectivity index (χ0n) is 16.8. The van der Waals surface area contributed by atoms with Gasteiger partial charge in [-0.3, -0.25) is 4.79 Å². The Morgan fingerprint density at radius 2 is 1.76 bits per heavy atom. The Hall–Kier alpha value is -3.22. The number of nitrogens with one attached hydrogen (secondary N) is 1. The van der Waals surface area contributed by atoms with Crippen molar-refractivity contribution < 1.29 is 28.5 Å². The summed E-state index contributed by atoms with van der Waals surface area (Å²) in [4.78, 5) is 24.3. The van der Waals surface area contributed by atoms with Crippen molar-refractivity contribution in [2.24, 2.45) is 5.92 Å². The van der Waals surface area contributed by atoms with Crippen LogP contribution in [-0.2, 0) is 9.53 Å². The van der Waals surface area contributed by atoms with Crippen LogP contribution in [0.4, 0.5) is 0 Å². The number of amides is 1. The third-order valence-corrected chi connectivity index (χ3v) is 4.28. The molecule has 0 saturated heterocycles. The molecule has 0 spiro atoms. The molecule has 1 heterocycles. The highest BCUT2D eigenvalue weighted by Crippen LogP contribution is 2.34. The van der Waals surface area contributed by atoms with Crippen LogP contribution in [0.15, 0.2) is 42.5 Å². The monoisotopic (exact) mass is 399 g/mol. The average molecular weight is 399 g/mol. The Labute approximate surface area is 169 Å². The number of carbonyl (C=O) groups is 2. The quantitative estimate of drug-likeness (QED) is 0.685. The molecule has 0 aromatic heterocycles. The van der Waals surface area contributed by atoms with E-state index in [1.807, 2.05) is 19.1 Å². The van der Waals surface area contributed by atoms with Crippen LogP contribution in [0, 0.1) is 5.92 Å². The minimum atomic E-state index is -0.564. The minimum Gasteiger partial charge on any atom is -0.493 e. The summed E-state index contributed by atoms with van der Waals surface area (Å²) < 4.78 is 21.3. The second-order valence-electron chi connectivity index (χ2n) is 7.21. The molecular formula is C22H25NO6. The van der Waals surface area contributed by atoms with E-state index in [0.717, 1.165) is 5.56 Å². The first kappa shape index (κ1) is 20.5. The molecule has 1 aliphatic rings. The van der Waals surface area contributed by atoms with Crippen LogP contribution in [0.5, 0.6) is 17.2 Å². The van der Waals surface area contributed by atoms with Crippen LogP contribution in [0.1, 0.15) is 42.7 Å². The predicted molar refractivity (Wildman–Crippen MR) is 106 cm³/mol. The lowest BCUT2D eigenvalue weighted by molar-refractivity contribution is -0.124. The molecule has 1 N–H and O–H groups in total. The van der Waals surface area contributed by atoms with Crippen molar-refractivity contribution in [3.05, 3.63) is 53.6 Å². The molecule has 0 aliphatic carbocycles. The number of esters is 1. The molecule has 3 rings (SSSR count). The molecule has 29 heavy (non-hydrogen) atoms. The Bertz CT molecular complexity index is 862. The predicted octanol–water partition coefficient (Wildman–Crippen LogP) is 3.48. The maximum absolute atomic E-state index is 12.1. The number of carbonyl (C=O) groups excluding carboxylic acids is 2. The standard InChI is InChI=1S/C22H25NO6/c1-14(2)11-26-18-7-4-16(5-8-18)22(25)27-12-21(24)23-15(3)17-6-9-19-20(10-17)29-13-28-19/h4-10,14-15H,11-13H2,1-3H3,(H,23,24). The van der Waals surface area contributed by atoms with Crippen LogP contribution >= 0.6 is 0 Å². The van der Waals surface area contributed by atoms with Crippen LogP contribution in [0.2, 0.25) is 0 Å². The highest BCUT2D eigenvalue weighted by Gasteiger charge is 2.17. The molecular weight excluding hydrogens is 374 g/mol. The largest absolute Gasteiger partial charge is 0.493 e. The molecule has 1 atom stereocenters. The third kappa shape index (κ3) is 5.63. The molecule has 2 aromatic carbocycles. The lowest BCUT2D eigenvalue weighted by atomic mass is 10.1. The highest BCUT2D eigenvalue weighted by atomic mass is 16.7. The van der Waals surface area contributed by atoms with Gasteiger partial charge in [0.2, 0.25) is 6.79 Å². The van der Waals surface area contributed by atoms with Crippen molar-refractivity contribution in [2.45, 2.75) is 26.8 Å². The van der Waals surface area contributed by atoms with Crippen molar-refractivity contribution in [3.63, 3.8) is 0 Å². The van der Waals surface area contributed by atoms with Gasteiger partial charge in [-0.15, -0.1) is 0 Å². The third-order valence-electron chi connectivity index (χ3n) is 4.28. The second kappa shape index (κ2) is 9.32. The summed E-state index contributed by atoms with van der Waals surface area (Å²) in [5.74, 6) is 1.48. The molecule has 7 heteroatoms. The number of fused-ring (bicyclic) bond motifs is 1. The molecule has 1 amide bonds. The first-order valence-electron chi connectivity index (χ1n) is 9.51. The van der Waals surface area contributed by atoms with E-state index >= 15 is 0 Å². The molecule has 0 saturated carbocycles. The van der Waals surface area contributed by atoms with E-state index in [1.165, 1.54) is 0 Å². The van der Waals surface area contributed by atoms with Gasteiger partial charge in [0.15, 0.2) is 18.1 Å².